The minimum Gasteiger partial charge on any atom is -0.330 e. The van der Waals surface area contributed by atoms with Crippen molar-refractivity contribution >= 4 is 15.7 Å². The van der Waals surface area contributed by atoms with Crippen LogP contribution in [0.5, 0.6) is 0 Å². The van der Waals surface area contributed by atoms with Crippen LogP contribution in [-0.4, -0.2) is 26.4 Å². The normalized spacial score (nSPS) is 17.1. The third-order valence-corrected chi connectivity index (χ3v) is 4.83. The molecule has 0 aromatic heterocycles. The van der Waals surface area contributed by atoms with E-state index in [4.69, 9.17) is 5.73 Å². The van der Waals surface area contributed by atoms with Crippen LogP contribution in [0.25, 0.3) is 0 Å². The number of nitrogens with two attached hydrogens (primary N) is 1. The van der Waals surface area contributed by atoms with Crippen molar-refractivity contribution in [3.8, 4) is 0 Å². The van der Waals surface area contributed by atoms with Crippen LogP contribution < -0.4 is 10.5 Å². The van der Waals surface area contributed by atoms with Gasteiger partial charge in [0.1, 0.15) is 0 Å². The molecule has 0 unspecified atom stereocenters. The molecule has 2 rings (SSSR count). The van der Waals surface area contributed by atoms with Crippen LogP contribution in [0.3, 0.4) is 0 Å². The number of nitrogens with one attached hydrogen (secondary N) is 1. The highest BCUT2D eigenvalue weighted by molar-refractivity contribution is 7.89. The number of nitrogens with zero attached hydrogens (tertiary/aromatic N) is 1. The zero-order valence-corrected chi connectivity index (χ0v) is 11.0. The number of sulfonamides is 1. The molecule has 0 saturated heterocycles. The lowest BCUT2D eigenvalue weighted by molar-refractivity contribution is -0.387. The number of hydrogen-bond acceptors (Lipinski definition) is 5. The molecule has 0 spiro atoms. The SMILES string of the molecule is NCC1(CNS(=O)(=O)c2ccccc2[N+](=O)[O-])CC1. The van der Waals surface area contributed by atoms with E-state index in [0.717, 1.165) is 12.8 Å². The maximum Gasteiger partial charge on any atom is 0.289 e. The van der Waals surface area contributed by atoms with Gasteiger partial charge in [0.15, 0.2) is 4.90 Å². The molecule has 3 N–H and O–H groups in total. The third-order valence-electron chi connectivity index (χ3n) is 3.38. The fraction of sp³-hybridized carbons (Fsp3) is 0.455. The van der Waals surface area contributed by atoms with Crippen molar-refractivity contribution < 1.29 is 13.3 Å². The molecular weight excluding hydrogens is 270 g/mol. The average Bonchev–Trinajstić information content (AvgIpc) is 3.17. The Labute approximate surface area is 111 Å². The lowest BCUT2D eigenvalue weighted by atomic mass is 10.1. The molecule has 104 valence electrons. The smallest absolute Gasteiger partial charge is 0.289 e. The number of hydrogen-bond donors (Lipinski definition) is 2. The first-order valence-electron chi connectivity index (χ1n) is 5.83. The molecule has 0 bridgehead atoms. The molecule has 1 aromatic carbocycles. The summed E-state index contributed by atoms with van der Waals surface area (Å²) in [5.41, 5.74) is 4.98. The van der Waals surface area contributed by atoms with Crippen molar-refractivity contribution in [1.29, 1.82) is 0 Å². The molecular formula is C11H15N3O4S. The zero-order chi connectivity index (χ0) is 14.1. The van der Waals surface area contributed by atoms with Gasteiger partial charge in [-0.05, 0) is 30.9 Å². The fourth-order valence-electron chi connectivity index (χ4n) is 1.79. The Kier molecular flexibility index (Phi) is 3.57. The highest BCUT2D eigenvalue weighted by atomic mass is 32.2. The summed E-state index contributed by atoms with van der Waals surface area (Å²) in [6, 6.07) is 5.28. The van der Waals surface area contributed by atoms with Gasteiger partial charge in [-0.15, -0.1) is 0 Å². The van der Waals surface area contributed by atoms with Crippen LogP contribution in [0.2, 0.25) is 0 Å². The van der Waals surface area contributed by atoms with E-state index in [2.05, 4.69) is 4.72 Å². The van der Waals surface area contributed by atoms with E-state index in [9.17, 15) is 18.5 Å². The first kappa shape index (κ1) is 13.9. The lowest BCUT2D eigenvalue weighted by Gasteiger charge is -2.13. The third kappa shape index (κ3) is 2.91. The molecule has 0 radical (unpaired) electrons. The van der Waals surface area contributed by atoms with Crippen LogP contribution in [-0.2, 0) is 10.0 Å². The first-order valence-corrected chi connectivity index (χ1v) is 7.32. The van der Waals surface area contributed by atoms with Gasteiger partial charge in [-0.3, -0.25) is 10.1 Å². The van der Waals surface area contributed by atoms with E-state index in [0.29, 0.717) is 6.54 Å². The van der Waals surface area contributed by atoms with Gasteiger partial charge < -0.3 is 5.73 Å². The highest BCUT2D eigenvalue weighted by Gasteiger charge is 2.42. The van der Waals surface area contributed by atoms with Gasteiger partial charge in [-0.25, -0.2) is 13.1 Å². The molecule has 1 fully saturated rings. The molecule has 0 heterocycles. The van der Waals surface area contributed by atoms with Crippen molar-refractivity contribution in [3.05, 3.63) is 34.4 Å². The van der Waals surface area contributed by atoms with Gasteiger partial charge in [0.25, 0.3) is 5.69 Å². The first-order chi connectivity index (χ1) is 8.90. The number of para-hydroxylation sites is 1. The standard InChI is InChI=1S/C11H15N3O4S/c12-7-11(5-6-11)8-13-19(17,18)10-4-2-1-3-9(10)14(15)16/h1-4,13H,5-8,12H2. The lowest BCUT2D eigenvalue weighted by Crippen LogP contribution is -2.34. The molecule has 1 saturated carbocycles. The maximum absolute atomic E-state index is 12.1. The molecule has 1 aliphatic carbocycles. The maximum atomic E-state index is 12.1. The van der Waals surface area contributed by atoms with Crippen molar-refractivity contribution in [3.63, 3.8) is 0 Å². The minimum absolute atomic E-state index is 0.170. The second-order valence-corrected chi connectivity index (χ2v) is 6.49. The second-order valence-electron chi connectivity index (χ2n) is 4.75. The van der Waals surface area contributed by atoms with Crippen LogP contribution in [0.15, 0.2) is 29.2 Å². The Bertz CT molecular complexity index is 596. The molecule has 8 heteroatoms. The Morgan fingerprint density at radius 3 is 2.53 bits per heavy atom. The topological polar surface area (TPSA) is 115 Å². The van der Waals surface area contributed by atoms with Gasteiger partial charge in [0.05, 0.1) is 4.92 Å². The van der Waals surface area contributed by atoms with Crippen molar-refractivity contribution in [2.45, 2.75) is 17.7 Å². The molecule has 0 aliphatic heterocycles. The van der Waals surface area contributed by atoms with Crippen LogP contribution in [0, 0.1) is 15.5 Å². The van der Waals surface area contributed by atoms with Crippen LogP contribution >= 0.6 is 0 Å². The van der Waals surface area contributed by atoms with E-state index < -0.39 is 20.6 Å². The van der Waals surface area contributed by atoms with E-state index in [1.807, 2.05) is 0 Å². The quantitative estimate of drug-likeness (QED) is 0.587. The van der Waals surface area contributed by atoms with Gasteiger partial charge in [-0.1, -0.05) is 12.1 Å². The predicted molar refractivity (Wildman–Crippen MR) is 69.0 cm³/mol. The van der Waals surface area contributed by atoms with Crippen LogP contribution in [0.1, 0.15) is 12.8 Å². The highest BCUT2D eigenvalue weighted by Crippen LogP contribution is 2.44. The summed E-state index contributed by atoms with van der Waals surface area (Å²) < 4.78 is 26.6. The van der Waals surface area contributed by atoms with Gasteiger partial charge in [-0.2, -0.15) is 0 Å². The number of nitro benzene ring substituents is 1. The molecule has 19 heavy (non-hydrogen) atoms. The summed E-state index contributed by atoms with van der Waals surface area (Å²) in [5.74, 6) is 0. The largest absolute Gasteiger partial charge is 0.330 e. The van der Waals surface area contributed by atoms with Crippen molar-refractivity contribution in [2.24, 2.45) is 11.1 Å². The van der Waals surface area contributed by atoms with Gasteiger partial charge in [0.2, 0.25) is 10.0 Å². The summed E-state index contributed by atoms with van der Waals surface area (Å²) in [5, 5.41) is 10.8. The Hall–Kier alpha value is -1.51. The second kappa shape index (κ2) is 4.87. The molecule has 1 aliphatic rings. The van der Waals surface area contributed by atoms with Crippen molar-refractivity contribution in [2.75, 3.05) is 13.1 Å². The molecule has 0 amide bonds. The van der Waals surface area contributed by atoms with E-state index in [1.54, 1.807) is 0 Å². The molecule has 1 aromatic rings. The number of nitro groups is 1. The average molecular weight is 285 g/mol. The molecule has 0 atom stereocenters. The zero-order valence-electron chi connectivity index (χ0n) is 10.2. The Morgan fingerprint density at radius 1 is 1.37 bits per heavy atom. The van der Waals surface area contributed by atoms with E-state index >= 15 is 0 Å². The predicted octanol–water partition coefficient (Wildman–Crippen LogP) is 0.612. The summed E-state index contributed by atoms with van der Waals surface area (Å²) in [6.45, 7) is 0.629. The van der Waals surface area contributed by atoms with Gasteiger partial charge >= 0.3 is 0 Å². The number of rotatable bonds is 6. The van der Waals surface area contributed by atoms with E-state index in [-0.39, 0.29) is 16.9 Å². The van der Waals surface area contributed by atoms with E-state index in [1.165, 1.54) is 24.3 Å². The van der Waals surface area contributed by atoms with Crippen molar-refractivity contribution in [1.82, 2.24) is 4.72 Å². The number of benzene rings is 1. The molecule has 7 nitrogen and oxygen atoms in total. The Balaban J connectivity index is 2.22. The van der Waals surface area contributed by atoms with Crippen LogP contribution in [0.4, 0.5) is 5.69 Å². The monoisotopic (exact) mass is 285 g/mol. The Morgan fingerprint density at radius 2 is 2.00 bits per heavy atom. The van der Waals surface area contributed by atoms with Gasteiger partial charge in [0, 0.05) is 12.6 Å². The summed E-state index contributed by atoms with van der Waals surface area (Å²) in [7, 11) is -3.89. The summed E-state index contributed by atoms with van der Waals surface area (Å²) in [6.07, 6.45) is 1.76. The fourth-order valence-corrected chi connectivity index (χ4v) is 3.12. The minimum atomic E-state index is -3.89. The summed E-state index contributed by atoms with van der Waals surface area (Å²) in [4.78, 5) is 9.82. The summed E-state index contributed by atoms with van der Waals surface area (Å²) >= 11 is 0.